The van der Waals surface area contributed by atoms with Crippen LogP contribution in [0, 0.1) is 11.8 Å². The van der Waals surface area contributed by atoms with E-state index in [0.29, 0.717) is 6.04 Å². The van der Waals surface area contributed by atoms with E-state index in [9.17, 15) is 0 Å². The lowest BCUT2D eigenvalue weighted by Gasteiger charge is -2.35. The van der Waals surface area contributed by atoms with Crippen molar-refractivity contribution in [2.24, 2.45) is 11.8 Å². The van der Waals surface area contributed by atoms with E-state index in [2.05, 4.69) is 31.1 Å². The van der Waals surface area contributed by atoms with E-state index in [0.717, 1.165) is 11.8 Å². The highest BCUT2D eigenvalue weighted by Crippen LogP contribution is 2.38. The van der Waals surface area contributed by atoms with Gasteiger partial charge in [0.2, 0.25) is 0 Å². The number of piperidine rings is 1. The van der Waals surface area contributed by atoms with Gasteiger partial charge in [-0.05, 0) is 44.6 Å². The number of nitrogens with zero attached hydrogens (tertiary/aromatic N) is 2. The lowest BCUT2D eigenvalue weighted by molar-refractivity contribution is 0.323. The number of rotatable bonds is 2. The first-order chi connectivity index (χ1) is 9.19. The third kappa shape index (κ3) is 2.52. The summed E-state index contributed by atoms with van der Waals surface area (Å²) >= 11 is 1.94. The van der Waals surface area contributed by atoms with Crippen molar-refractivity contribution >= 4 is 16.5 Å². The van der Waals surface area contributed by atoms with E-state index in [-0.39, 0.29) is 0 Å². The van der Waals surface area contributed by atoms with Crippen molar-refractivity contribution in [3.8, 4) is 0 Å². The Labute approximate surface area is 120 Å². The van der Waals surface area contributed by atoms with Gasteiger partial charge in [-0.15, -0.1) is 11.3 Å². The van der Waals surface area contributed by atoms with Crippen molar-refractivity contribution in [2.75, 3.05) is 25.0 Å². The molecule has 0 aromatic carbocycles. The Kier molecular flexibility index (Phi) is 3.81. The second kappa shape index (κ2) is 5.41. The molecule has 1 aromatic heterocycles. The SMILES string of the molecule is CNC1CCCc2sc(N3CCC(C)C(C)C3)nc21. The van der Waals surface area contributed by atoms with Crippen LogP contribution in [0.3, 0.4) is 0 Å². The van der Waals surface area contributed by atoms with Gasteiger partial charge in [-0.2, -0.15) is 0 Å². The fourth-order valence-electron chi connectivity index (χ4n) is 3.26. The fraction of sp³-hybridized carbons (Fsp3) is 0.800. The van der Waals surface area contributed by atoms with Crippen molar-refractivity contribution in [1.82, 2.24) is 10.3 Å². The highest BCUT2D eigenvalue weighted by Gasteiger charge is 2.28. The van der Waals surface area contributed by atoms with Gasteiger partial charge in [-0.25, -0.2) is 4.98 Å². The Morgan fingerprint density at radius 3 is 2.84 bits per heavy atom. The standard InChI is InChI=1S/C15H25N3S/c1-10-7-8-18(9-11(10)2)15-17-14-12(16-3)5-4-6-13(14)19-15/h10-12,16H,4-9H2,1-3H3. The van der Waals surface area contributed by atoms with Gasteiger partial charge in [-0.3, -0.25) is 0 Å². The number of hydrogen-bond donors (Lipinski definition) is 1. The molecule has 0 radical (unpaired) electrons. The van der Waals surface area contributed by atoms with Crippen LogP contribution in [0.15, 0.2) is 0 Å². The summed E-state index contributed by atoms with van der Waals surface area (Å²) in [5.74, 6) is 1.64. The minimum atomic E-state index is 0.481. The molecule has 2 aliphatic rings. The topological polar surface area (TPSA) is 28.2 Å². The maximum Gasteiger partial charge on any atom is 0.185 e. The zero-order valence-corrected chi connectivity index (χ0v) is 13.1. The van der Waals surface area contributed by atoms with Crippen LogP contribution in [0.1, 0.15) is 49.7 Å². The molecular formula is C15H25N3S. The molecule has 1 saturated heterocycles. The summed E-state index contributed by atoms with van der Waals surface area (Å²) in [6, 6.07) is 0.481. The van der Waals surface area contributed by atoms with E-state index in [4.69, 9.17) is 4.98 Å². The molecule has 19 heavy (non-hydrogen) atoms. The summed E-state index contributed by atoms with van der Waals surface area (Å²) in [5.41, 5.74) is 1.33. The van der Waals surface area contributed by atoms with Gasteiger partial charge in [-0.1, -0.05) is 13.8 Å². The van der Waals surface area contributed by atoms with Gasteiger partial charge in [0.1, 0.15) is 0 Å². The summed E-state index contributed by atoms with van der Waals surface area (Å²) in [4.78, 5) is 9.00. The Morgan fingerprint density at radius 1 is 1.26 bits per heavy atom. The van der Waals surface area contributed by atoms with Crippen LogP contribution in [-0.2, 0) is 6.42 Å². The molecule has 3 rings (SSSR count). The van der Waals surface area contributed by atoms with Crippen LogP contribution in [0.25, 0.3) is 0 Å². The number of hydrogen-bond acceptors (Lipinski definition) is 4. The highest BCUT2D eigenvalue weighted by molar-refractivity contribution is 7.15. The average molecular weight is 279 g/mol. The second-order valence-corrected chi connectivity index (χ2v) is 7.29. The number of fused-ring (bicyclic) bond motifs is 1. The van der Waals surface area contributed by atoms with Crippen molar-refractivity contribution in [3.63, 3.8) is 0 Å². The molecule has 4 heteroatoms. The minimum Gasteiger partial charge on any atom is -0.348 e. The van der Waals surface area contributed by atoms with Crippen LogP contribution >= 0.6 is 11.3 Å². The molecule has 3 unspecified atom stereocenters. The molecule has 3 nitrogen and oxygen atoms in total. The van der Waals surface area contributed by atoms with Crippen LogP contribution in [0.5, 0.6) is 0 Å². The Hall–Kier alpha value is -0.610. The lowest BCUT2D eigenvalue weighted by Crippen LogP contribution is -2.38. The molecule has 0 saturated carbocycles. The molecule has 2 heterocycles. The van der Waals surface area contributed by atoms with Crippen LogP contribution in [0.2, 0.25) is 0 Å². The largest absolute Gasteiger partial charge is 0.348 e. The van der Waals surface area contributed by atoms with Crippen molar-refractivity contribution in [3.05, 3.63) is 10.6 Å². The molecule has 1 fully saturated rings. The minimum absolute atomic E-state index is 0.481. The molecule has 0 spiro atoms. The second-order valence-electron chi connectivity index (χ2n) is 6.23. The summed E-state index contributed by atoms with van der Waals surface area (Å²) in [6.07, 6.45) is 5.07. The normalized spacial score (nSPS) is 31.3. The average Bonchev–Trinajstić information content (AvgIpc) is 2.85. The zero-order chi connectivity index (χ0) is 13.4. The lowest BCUT2D eigenvalue weighted by atomic mass is 9.89. The van der Waals surface area contributed by atoms with Crippen LogP contribution in [0.4, 0.5) is 5.13 Å². The first-order valence-electron chi connectivity index (χ1n) is 7.61. The van der Waals surface area contributed by atoms with Gasteiger partial charge in [0.15, 0.2) is 5.13 Å². The van der Waals surface area contributed by atoms with Gasteiger partial charge >= 0.3 is 0 Å². The monoisotopic (exact) mass is 279 g/mol. The van der Waals surface area contributed by atoms with E-state index >= 15 is 0 Å². The maximum atomic E-state index is 4.97. The Morgan fingerprint density at radius 2 is 2.11 bits per heavy atom. The number of aromatic nitrogens is 1. The molecule has 1 aliphatic carbocycles. The number of aryl methyl sites for hydroxylation is 1. The van der Waals surface area contributed by atoms with Crippen molar-refractivity contribution in [1.29, 1.82) is 0 Å². The predicted octanol–water partition coefficient (Wildman–Crippen LogP) is 3.22. The zero-order valence-electron chi connectivity index (χ0n) is 12.3. The molecule has 106 valence electrons. The summed E-state index contributed by atoms with van der Waals surface area (Å²) in [6.45, 7) is 7.12. The molecule has 0 bridgehead atoms. The van der Waals surface area contributed by atoms with Gasteiger partial charge in [0.05, 0.1) is 11.7 Å². The number of anilines is 1. The van der Waals surface area contributed by atoms with Crippen LogP contribution < -0.4 is 10.2 Å². The molecular weight excluding hydrogens is 254 g/mol. The van der Waals surface area contributed by atoms with Crippen LogP contribution in [-0.4, -0.2) is 25.1 Å². The number of thiazole rings is 1. The Bertz CT molecular complexity index is 443. The fourth-order valence-corrected chi connectivity index (χ4v) is 4.46. The highest BCUT2D eigenvalue weighted by atomic mass is 32.1. The van der Waals surface area contributed by atoms with Gasteiger partial charge < -0.3 is 10.2 Å². The third-order valence-corrected chi connectivity index (χ3v) is 6.09. The van der Waals surface area contributed by atoms with Gasteiger partial charge in [0.25, 0.3) is 0 Å². The van der Waals surface area contributed by atoms with Crippen molar-refractivity contribution < 1.29 is 0 Å². The Balaban J connectivity index is 1.81. The molecule has 1 aromatic rings. The summed E-state index contributed by atoms with van der Waals surface area (Å²) in [5, 5.41) is 4.69. The quantitative estimate of drug-likeness (QED) is 0.901. The van der Waals surface area contributed by atoms with E-state index in [1.54, 1.807) is 0 Å². The molecule has 1 N–H and O–H groups in total. The van der Waals surface area contributed by atoms with Gasteiger partial charge in [0, 0.05) is 18.0 Å². The van der Waals surface area contributed by atoms with E-state index < -0.39 is 0 Å². The summed E-state index contributed by atoms with van der Waals surface area (Å²) in [7, 11) is 2.06. The van der Waals surface area contributed by atoms with E-state index in [1.807, 2.05) is 11.3 Å². The molecule has 1 aliphatic heterocycles. The smallest absolute Gasteiger partial charge is 0.185 e. The van der Waals surface area contributed by atoms with Crippen molar-refractivity contribution in [2.45, 2.75) is 45.6 Å². The molecule has 3 atom stereocenters. The van der Waals surface area contributed by atoms with E-state index in [1.165, 1.54) is 54.5 Å². The maximum absolute atomic E-state index is 4.97. The first-order valence-corrected chi connectivity index (χ1v) is 8.42. The summed E-state index contributed by atoms with van der Waals surface area (Å²) < 4.78 is 0. The molecule has 0 amide bonds. The number of nitrogens with one attached hydrogen (secondary N) is 1. The first kappa shape index (κ1) is 13.4. The third-order valence-electron chi connectivity index (χ3n) is 4.90. The predicted molar refractivity (Wildman–Crippen MR) is 82.0 cm³/mol.